The lowest BCUT2D eigenvalue weighted by Gasteiger charge is -2.34. The molecule has 0 aromatic heterocycles. The molecule has 0 unspecified atom stereocenters. The van der Waals surface area contributed by atoms with Crippen LogP contribution in [0.15, 0.2) is 18.2 Å². The van der Waals surface area contributed by atoms with Crippen LogP contribution >= 0.6 is 11.6 Å². The molecule has 0 bridgehead atoms. The highest BCUT2D eigenvalue weighted by atomic mass is 35.5. The molecule has 1 aromatic carbocycles. The van der Waals surface area contributed by atoms with E-state index >= 15 is 0 Å². The van der Waals surface area contributed by atoms with Crippen molar-refractivity contribution in [3.05, 3.63) is 34.3 Å². The first-order valence-corrected chi connectivity index (χ1v) is 6.30. The van der Waals surface area contributed by atoms with Crippen molar-refractivity contribution in [2.24, 2.45) is 0 Å². The molecule has 0 heterocycles. The van der Waals surface area contributed by atoms with Gasteiger partial charge in [-0.1, -0.05) is 17.7 Å². The zero-order valence-electron chi connectivity index (χ0n) is 11.5. The van der Waals surface area contributed by atoms with Crippen LogP contribution in [-0.2, 0) is 4.79 Å². The molecule has 0 aliphatic rings. The molecule has 0 saturated heterocycles. The number of carboxylic acid groups (broad SMARTS) is 1. The van der Waals surface area contributed by atoms with Crippen LogP contribution in [0, 0.1) is 6.92 Å². The van der Waals surface area contributed by atoms with E-state index in [0.717, 1.165) is 5.56 Å². The number of carbonyl (C=O) groups excluding carboxylic acids is 1. The third kappa shape index (κ3) is 3.96. The maximum atomic E-state index is 12.4. The lowest BCUT2D eigenvalue weighted by Crippen LogP contribution is -2.48. The molecule has 0 fully saturated rings. The summed E-state index contributed by atoms with van der Waals surface area (Å²) in [5.74, 6) is -1.42. The van der Waals surface area contributed by atoms with Crippen LogP contribution in [0.1, 0.15) is 36.7 Å². The molecule has 0 saturated carbocycles. The third-order valence-electron chi connectivity index (χ3n) is 2.70. The molecule has 0 spiro atoms. The molecule has 1 aromatic rings. The Bertz CT molecular complexity index is 506. The van der Waals surface area contributed by atoms with E-state index in [-0.39, 0.29) is 12.5 Å². The number of hydrogen-bond donors (Lipinski definition) is 1. The SMILES string of the molecule is Cc1ccc(C(=O)N(CC(=O)O)C(C)(C)C)c(Cl)c1. The number of aliphatic carboxylic acids is 1. The number of nitrogens with zero attached hydrogens (tertiary/aromatic N) is 1. The molecule has 1 amide bonds. The number of carboxylic acids is 1. The van der Waals surface area contributed by atoms with Gasteiger partial charge in [-0.2, -0.15) is 0 Å². The smallest absolute Gasteiger partial charge is 0.323 e. The Morgan fingerprint density at radius 3 is 2.32 bits per heavy atom. The van der Waals surface area contributed by atoms with Crippen molar-refractivity contribution in [1.82, 2.24) is 4.90 Å². The van der Waals surface area contributed by atoms with Crippen molar-refractivity contribution in [1.29, 1.82) is 0 Å². The first-order valence-electron chi connectivity index (χ1n) is 5.93. The quantitative estimate of drug-likeness (QED) is 0.928. The Balaban J connectivity index is 3.16. The molecule has 0 aliphatic heterocycles. The molecule has 19 heavy (non-hydrogen) atoms. The number of carbonyl (C=O) groups is 2. The van der Waals surface area contributed by atoms with E-state index in [2.05, 4.69) is 0 Å². The van der Waals surface area contributed by atoms with E-state index in [1.54, 1.807) is 39.0 Å². The Kier molecular flexibility index (Phi) is 4.58. The van der Waals surface area contributed by atoms with Gasteiger partial charge < -0.3 is 10.0 Å². The minimum absolute atomic E-state index is 0.323. The lowest BCUT2D eigenvalue weighted by atomic mass is 10.0. The fourth-order valence-corrected chi connectivity index (χ4v) is 2.00. The van der Waals surface area contributed by atoms with Gasteiger partial charge in [-0.3, -0.25) is 9.59 Å². The molecule has 0 radical (unpaired) electrons. The largest absolute Gasteiger partial charge is 0.480 e. The highest BCUT2D eigenvalue weighted by Gasteiger charge is 2.30. The van der Waals surface area contributed by atoms with Crippen LogP contribution in [0.4, 0.5) is 0 Å². The topological polar surface area (TPSA) is 57.6 Å². The maximum Gasteiger partial charge on any atom is 0.323 e. The minimum Gasteiger partial charge on any atom is -0.480 e. The second-order valence-corrected chi connectivity index (χ2v) is 5.85. The highest BCUT2D eigenvalue weighted by molar-refractivity contribution is 6.33. The van der Waals surface area contributed by atoms with Crippen LogP contribution in [0.25, 0.3) is 0 Å². The number of hydrogen-bond acceptors (Lipinski definition) is 2. The van der Waals surface area contributed by atoms with Crippen molar-refractivity contribution in [2.45, 2.75) is 33.2 Å². The van der Waals surface area contributed by atoms with Crippen molar-refractivity contribution < 1.29 is 14.7 Å². The van der Waals surface area contributed by atoms with Crippen LogP contribution in [-0.4, -0.2) is 34.0 Å². The van der Waals surface area contributed by atoms with Gasteiger partial charge in [0.15, 0.2) is 0 Å². The molecule has 1 N–H and O–H groups in total. The van der Waals surface area contributed by atoms with E-state index < -0.39 is 11.5 Å². The summed E-state index contributed by atoms with van der Waals surface area (Å²) in [5.41, 5.74) is 0.675. The second kappa shape index (κ2) is 5.61. The summed E-state index contributed by atoms with van der Waals surface area (Å²) in [4.78, 5) is 24.6. The van der Waals surface area contributed by atoms with Gasteiger partial charge in [-0.25, -0.2) is 0 Å². The maximum absolute atomic E-state index is 12.4. The van der Waals surface area contributed by atoms with Gasteiger partial charge in [0.2, 0.25) is 0 Å². The van der Waals surface area contributed by atoms with Gasteiger partial charge in [0.05, 0.1) is 10.6 Å². The predicted octanol–water partition coefficient (Wildman–Crippen LogP) is 2.97. The summed E-state index contributed by atoms with van der Waals surface area (Å²) in [7, 11) is 0. The number of aryl methyl sites for hydroxylation is 1. The van der Waals surface area contributed by atoms with Gasteiger partial charge in [-0.15, -0.1) is 0 Å². The molecule has 0 atom stereocenters. The fourth-order valence-electron chi connectivity index (χ4n) is 1.69. The average molecular weight is 284 g/mol. The van der Waals surface area contributed by atoms with Crippen LogP contribution in [0.3, 0.4) is 0 Å². The Morgan fingerprint density at radius 2 is 1.89 bits per heavy atom. The molecule has 4 nitrogen and oxygen atoms in total. The lowest BCUT2D eigenvalue weighted by molar-refractivity contribution is -0.138. The predicted molar refractivity (Wildman–Crippen MR) is 74.6 cm³/mol. The zero-order chi connectivity index (χ0) is 14.8. The van der Waals surface area contributed by atoms with Gasteiger partial charge >= 0.3 is 5.97 Å². The Morgan fingerprint density at radius 1 is 1.32 bits per heavy atom. The normalized spacial score (nSPS) is 11.2. The summed E-state index contributed by atoms with van der Waals surface area (Å²) in [6.45, 7) is 6.88. The summed E-state index contributed by atoms with van der Waals surface area (Å²) >= 11 is 6.06. The molecule has 0 aliphatic carbocycles. The van der Waals surface area contributed by atoms with Crippen molar-refractivity contribution in [2.75, 3.05) is 6.54 Å². The van der Waals surface area contributed by atoms with Crippen LogP contribution in [0.2, 0.25) is 5.02 Å². The van der Waals surface area contributed by atoms with Crippen molar-refractivity contribution in [3.63, 3.8) is 0 Å². The standard InChI is InChI=1S/C14H18ClNO3/c1-9-5-6-10(11(15)7-9)13(19)16(8-12(17)18)14(2,3)4/h5-7H,8H2,1-4H3,(H,17,18). The molecular weight excluding hydrogens is 266 g/mol. The van der Waals surface area contributed by atoms with E-state index in [1.165, 1.54) is 4.90 Å². The van der Waals surface area contributed by atoms with Gasteiger partial charge in [0.25, 0.3) is 5.91 Å². The van der Waals surface area contributed by atoms with E-state index in [9.17, 15) is 9.59 Å². The first-order chi connectivity index (χ1) is 8.62. The van der Waals surface area contributed by atoms with E-state index in [0.29, 0.717) is 10.6 Å². The van der Waals surface area contributed by atoms with Gasteiger partial charge in [0.1, 0.15) is 6.54 Å². The van der Waals surface area contributed by atoms with Gasteiger partial charge in [0, 0.05) is 5.54 Å². The molecule has 5 heteroatoms. The molecular formula is C14H18ClNO3. The number of benzene rings is 1. The fraction of sp³-hybridized carbons (Fsp3) is 0.429. The minimum atomic E-state index is -1.05. The van der Waals surface area contributed by atoms with Crippen LogP contribution < -0.4 is 0 Å². The van der Waals surface area contributed by atoms with Gasteiger partial charge in [-0.05, 0) is 45.4 Å². The Hall–Kier alpha value is -1.55. The number of amides is 1. The van der Waals surface area contributed by atoms with Crippen molar-refractivity contribution in [3.8, 4) is 0 Å². The summed E-state index contributed by atoms with van der Waals surface area (Å²) in [6, 6.07) is 5.09. The van der Waals surface area contributed by atoms with Crippen molar-refractivity contribution >= 4 is 23.5 Å². The number of rotatable bonds is 3. The Labute approximate surface area is 118 Å². The van der Waals surface area contributed by atoms with E-state index in [4.69, 9.17) is 16.7 Å². The zero-order valence-corrected chi connectivity index (χ0v) is 12.3. The average Bonchev–Trinajstić information content (AvgIpc) is 2.23. The molecule has 1 rings (SSSR count). The van der Waals surface area contributed by atoms with Crippen LogP contribution in [0.5, 0.6) is 0 Å². The third-order valence-corrected chi connectivity index (χ3v) is 3.02. The monoisotopic (exact) mass is 283 g/mol. The van der Waals surface area contributed by atoms with E-state index in [1.807, 2.05) is 6.92 Å². The first kappa shape index (κ1) is 15.5. The summed E-state index contributed by atoms with van der Waals surface area (Å²) < 4.78 is 0. The summed E-state index contributed by atoms with van der Waals surface area (Å²) in [5, 5.41) is 9.27. The summed E-state index contributed by atoms with van der Waals surface area (Å²) in [6.07, 6.45) is 0. The molecule has 104 valence electrons. The number of halogens is 1. The highest BCUT2D eigenvalue weighted by Crippen LogP contribution is 2.23. The second-order valence-electron chi connectivity index (χ2n) is 5.44.